The van der Waals surface area contributed by atoms with Crippen LogP contribution in [0.15, 0.2) is 24.7 Å². The van der Waals surface area contributed by atoms with E-state index >= 15 is 0 Å². The van der Waals surface area contributed by atoms with Crippen LogP contribution in [0.5, 0.6) is 0 Å². The summed E-state index contributed by atoms with van der Waals surface area (Å²) in [5, 5.41) is 3.66. The number of pyridine rings is 1. The van der Waals surface area contributed by atoms with Gasteiger partial charge in [-0.25, -0.2) is 0 Å². The number of fused-ring (bicyclic) bond motifs is 1. The highest BCUT2D eigenvalue weighted by Crippen LogP contribution is 2.26. The highest BCUT2D eigenvalue weighted by Gasteiger charge is 2.29. The van der Waals surface area contributed by atoms with E-state index in [-0.39, 0.29) is 11.2 Å². The van der Waals surface area contributed by atoms with Crippen molar-refractivity contribution in [3.63, 3.8) is 0 Å². The molecule has 1 unspecified atom stereocenters. The summed E-state index contributed by atoms with van der Waals surface area (Å²) in [7, 11) is 0. The highest BCUT2D eigenvalue weighted by atomic mass is 32.2. The lowest BCUT2D eigenvalue weighted by molar-refractivity contribution is -0.118. The molecule has 86 valence electrons. The Morgan fingerprint density at radius 1 is 1.53 bits per heavy atom. The zero-order chi connectivity index (χ0) is 11.8. The summed E-state index contributed by atoms with van der Waals surface area (Å²) in [6, 6.07) is 1.96. The van der Waals surface area contributed by atoms with Gasteiger partial charge in [0.15, 0.2) is 0 Å². The van der Waals surface area contributed by atoms with Crippen molar-refractivity contribution in [2.45, 2.75) is 11.7 Å². The van der Waals surface area contributed by atoms with Gasteiger partial charge in [0.2, 0.25) is 5.91 Å². The van der Waals surface area contributed by atoms with Crippen molar-refractivity contribution in [2.75, 3.05) is 0 Å². The van der Waals surface area contributed by atoms with Gasteiger partial charge in [-0.05, 0) is 18.1 Å². The van der Waals surface area contributed by atoms with Crippen molar-refractivity contribution >= 4 is 45.1 Å². The van der Waals surface area contributed by atoms with Gasteiger partial charge in [-0.3, -0.25) is 9.78 Å². The first-order valence-corrected chi connectivity index (χ1v) is 6.44. The normalized spacial score (nSPS) is 19.9. The average Bonchev–Trinajstić information content (AvgIpc) is 2.85. The molecular formula is C11H9N3OS2. The average molecular weight is 263 g/mol. The Hall–Kier alpha value is -1.40. The number of hydrogen-bond acceptors (Lipinski definition) is 4. The number of aromatic amines is 1. The Bertz CT molecular complexity index is 608. The minimum atomic E-state index is -0.116. The summed E-state index contributed by atoms with van der Waals surface area (Å²) in [6.07, 6.45) is 6.15. The molecule has 6 heteroatoms. The second-order valence-corrected chi connectivity index (χ2v) is 5.70. The molecule has 2 N–H and O–H groups in total. The maximum Gasteiger partial charge on any atom is 0.239 e. The fraction of sp³-hybridized carbons (Fsp3) is 0.182. The van der Waals surface area contributed by atoms with Gasteiger partial charge >= 0.3 is 0 Å². The third-order valence-electron chi connectivity index (χ3n) is 2.74. The van der Waals surface area contributed by atoms with Crippen LogP contribution in [-0.2, 0) is 11.2 Å². The zero-order valence-corrected chi connectivity index (χ0v) is 10.4. The summed E-state index contributed by atoms with van der Waals surface area (Å²) in [6.45, 7) is 0. The Morgan fingerprint density at radius 3 is 3.18 bits per heavy atom. The number of aromatic nitrogens is 2. The standard InChI is InChI=1S/C11H9N3OS2/c15-10-9(17-11(16)14-10)3-6-4-13-8-5-12-2-1-7(6)8/h1-2,4-5,9,13H,3H2,(H,14,15,16). The van der Waals surface area contributed by atoms with Crippen LogP contribution in [0.25, 0.3) is 10.9 Å². The van der Waals surface area contributed by atoms with Crippen molar-refractivity contribution in [1.29, 1.82) is 0 Å². The molecule has 17 heavy (non-hydrogen) atoms. The van der Waals surface area contributed by atoms with Crippen LogP contribution in [-0.4, -0.2) is 25.4 Å². The number of H-pyrrole nitrogens is 1. The van der Waals surface area contributed by atoms with E-state index in [0.29, 0.717) is 10.7 Å². The number of hydrogen-bond donors (Lipinski definition) is 2. The number of rotatable bonds is 2. The predicted molar refractivity (Wildman–Crippen MR) is 71.9 cm³/mol. The first-order valence-electron chi connectivity index (χ1n) is 5.15. The minimum absolute atomic E-state index is 0.00315. The van der Waals surface area contributed by atoms with Crippen LogP contribution in [0.1, 0.15) is 5.56 Å². The first-order chi connectivity index (χ1) is 8.24. The Morgan fingerprint density at radius 2 is 2.41 bits per heavy atom. The molecule has 0 aliphatic carbocycles. The quantitative estimate of drug-likeness (QED) is 0.808. The third-order valence-corrected chi connectivity index (χ3v) is 4.11. The lowest BCUT2D eigenvalue weighted by atomic mass is 10.1. The lowest BCUT2D eigenvalue weighted by Gasteiger charge is -2.03. The van der Waals surface area contributed by atoms with E-state index in [0.717, 1.165) is 16.5 Å². The monoisotopic (exact) mass is 263 g/mol. The summed E-state index contributed by atoms with van der Waals surface area (Å²) in [5.74, 6) is 0.00315. The van der Waals surface area contributed by atoms with Gasteiger partial charge in [0, 0.05) is 17.8 Å². The number of thiocarbonyl (C=S) groups is 1. The van der Waals surface area contributed by atoms with Crippen molar-refractivity contribution in [3.05, 3.63) is 30.2 Å². The molecule has 0 saturated carbocycles. The summed E-state index contributed by atoms with van der Waals surface area (Å²) in [5.41, 5.74) is 2.12. The number of nitrogens with zero attached hydrogens (tertiary/aromatic N) is 1. The van der Waals surface area contributed by atoms with Gasteiger partial charge in [-0.2, -0.15) is 0 Å². The zero-order valence-electron chi connectivity index (χ0n) is 8.77. The van der Waals surface area contributed by atoms with E-state index in [1.54, 1.807) is 12.4 Å². The number of amides is 1. The molecule has 0 radical (unpaired) electrons. The SMILES string of the molecule is O=C1NC(=S)SC1Cc1c[nH]c2cnccc12. The van der Waals surface area contributed by atoms with Crippen molar-refractivity contribution in [2.24, 2.45) is 0 Å². The molecule has 1 amide bonds. The van der Waals surface area contributed by atoms with Crippen LogP contribution in [0.4, 0.5) is 0 Å². The molecule has 2 aromatic rings. The molecule has 3 heterocycles. The maximum absolute atomic E-state index is 11.6. The second-order valence-electron chi connectivity index (χ2n) is 3.82. The van der Waals surface area contributed by atoms with Crippen LogP contribution < -0.4 is 5.32 Å². The van der Waals surface area contributed by atoms with E-state index in [1.807, 2.05) is 12.3 Å². The number of carbonyl (C=O) groups excluding carboxylic acids is 1. The molecule has 1 fully saturated rings. The fourth-order valence-corrected chi connectivity index (χ4v) is 3.22. The maximum atomic E-state index is 11.6. The minimum Gasteiger partial charge on any atom is -0.360 e. The molecule has 4 nitrogen and oxygen atoms in total. The molecule has 2 aromatic heterocycles. The molecule has 0 aromatic carbocycles. The van der Waals surface area contributed by atoms with Gasteiger partial charge in [-0.15, -0.1) is 0 Å². The molecule has 1 aliphatic heterocycles. The summed E-state index contributed by atoms with van der Waals surface area (Å²) in [4.78, 5) is 18.8. The van der Waals surface area contributed by atoms with E-state index < -0.39 is 0 Å². The second kappa shape index (κ2) is 4.12. The van der Waals surface area contributed by atoms with Crippen LogP contribution >= 0.6 is 24.0 Å². The number of carbonyl (C=O) groups is 1. The molecule has 0 bridgehead atoms. The molecule has 3 rings (SSSR count). The molecular weight excluding hydrogens is 254 g/mol. The largest absolute Gasteiger partial charge is 0.360 e. The molecule has 0 spiro atoms. The molecule has 1 aliphatic rings. The predicted octanol–water partition coefficient (Wildman–Crippen LogP) is 1.62. The van der Waals surface area contributed by atoms with Gasteiger partial charge in [0.05, 0.1) is 17.0 Å². The van der Waals surface area contributed by atoms with Crippen molar-refractivity contribution in [3.8, 4) is 0 Å². The third kappa shape index (κ3) is 1.94. The Balaban J connectivity index is 1.90. The number of thioether (sulfide) groups is 1. The highest BCUT2D eigenvalue weighted by molar-refractivity contribution is 8.24. The van der Waals surface area contributed by atoms with Gasteiger partial charge in [-0.1, -0.05) is 24.0 Å². The van der Waals surface area contributed by atoms with Crippen LogP contribution in [0.2, 0.25) is 0 Å². The number of nitrogens with one attached hydrogen (secondary N) is 2. The van der Waals surface area contributed by atoms with Gasteiger partial charge < -0.3 is 10.3 Å². The fourth-order valence-electron chi connectivity index (χ4n) is 1.93. The first kappa shape index (κ1) is 10.7. The van der Waals surface area contributed by atoms with E-state index in [2.05, 4.69) is 15.3 Å². The smallest absolute Gasteiger partial charge is 0.239 e. The van der Waals surface area contributed by atoms with Gasteiger partial charge in [0.25, 0.3) is 0 Å². The summed E-state index contributed by atoms with van der Waals surface area (Å²) >= 11 is 6.40. The van der Waals surface area contributed by atoms with Crippen molar-refractivity contribution < 1.29 is 4.79 Å². The van der Waals surface area contributed by atoms with Crippen LogP contribution in [0.3, 0.4) is 0 Å². The molecule has 1 atom stereocenters. The van der Waals surface area contributed by atoms with E-state index in [9.17, 15) is 4.79 Å². The van der Waals surface area contributed by atoms with E-state index in [1.165, 1.54) is 11.8 Å². The Kier molecular flexibility index (Phi) is 2.60. The van der Waals surface area contributed by atoms with Crippen LogP contribution in [0, 0.1) is 0 Å². The lowest BCUT2D eigenvalue weighted by Crippen LogP contribution is -2.25. The summed E-state index contributed by atoms with van der Waals surface area (Å²) < 4.78 is 0.571. The molecule has 1 saturated heterocycles. The Labute approximate surface area is 107 Å². The van der Waals surface area contributed by atoms with Crippen molar-refractivity contribution in [1.82, 2.24) is 15.3 Å². The van der Waals surface area contributed by atoms with Gasteiger partial charge in [0.1, 0.15) is 4.32 Å². The topological polar surface area (TPSA) is 57.8 Å². The van der Waals surface area contributed by atoms with E-state index in [4.69, 9.17) is 12.2 Å².